The smallest absolute Gasteiger partial charge is 0.181 e. The minimum absolute atomic E-state index is 0.725. The van der Waals surface area contributed by atoms with Gasteiger partial charge in [-0.25, -0.2) is 9.67 Å². The van der Waals surface area contributed by atoms with E-state index in [1.807, 2.05) is 17.9 Å². The lowest BCUT2D eigenvalue weighted by molar-refractivity contribution is 0.654. The highest BCUT2D eigenvalue weighted by molar-refractivity contribution is 5.73. The van der Waals surface area contributed by atoms with Crippen molar-refractivity contribution in [3.63, 3.8) is 0 Å². The molecule has 0 aliphatic carbocycles. The second-order valence-electron chi connectivity index (χ2n) is 4.06. The van der Waals surface area contributed by atoms with Crippen LogP contribution in [0.15, 0.2) is 19.0 Å². The Morgan fingerprint density at radius 3 is 3.06 bits per heavy atom. The zero-order valence-corrected chi connectivity index (χ0v) is 9.22. The third-order valence-corrected chi connectivity index (χ3v) is 2.84. The highest BCUT2D eigenvalue weighted by Crippen LogP contribution is 2.20. The summed E-state index contributed by atoms with van der Waals surface area (Å²) in [6, 6.07) is 0. The van der Waals surface area contributed by atoms with Gasteiger partial charge < -0.3 is 0 Å². The number of aryl methyl sites for hydroxylation is 3. The van der Waals surface area contributed by atoms with E-state index in [0.29, 0.717) is 0 Å². The lowest BCUT2D eigenvalue weighted by Crippen LogP contribution is -1.95. The van der Waals surface area contributed by atoms with Crippen LogP contribution in [0.5, 0.6) is 0 Å². The predicted octanol–water partition coefficient (Wildman–Crippen LogP) is 1.02. The molecule has 0 spiro atoms. The van der Waals surface area contributed by atoms with E-state index in [1.54, 1.807) is 10.9 Å². The van der Waals surface area contributed by atoms with Crippen LogP contribution in [-0.2, 0) is 20.0 Å². The van der Waals surface area contributed by atoms with Crippen LogP contribution in [0.4, 0.5) is 0 Å². The molecular formula is C11H13N5. The van der Waals surface area contributed by atoms with Gasteiger partial charge in [0.25, 0.3) is 0 Å². The van der Waals surface area contributed by atoms with E-state index in [-0.39, 0.29) is 0 Å². The van der Waals surface area contributed by atoms with Gasteiger partial charge in [0.2, 0.25) is 0 Å². The second-order valence-corrected chi connectivity index (χ2v) is 4.06. The molecule has 1 aliphatic heterocycles. The SMILES string of the molecule is C=C(c1cnn(C)c1)c1nc2n(n1)CCC2. The molecular weight excluding hydrogens is 202 g/mol. The summed E-state index contributed by atoms with van der Waals surface area (Å²) in [4.78, 5) is 4.49. The highest BCUT2D eigenvalue weighted by atomic mass is 15.4. The van der Waals surface area contributed by atoms with Crippen molar-refractivity contribution in [3.8, 4) is 0 Å². The summed E-state index contributed by atoms with van der Waals surface area (Å²) >= 11 is 0. The Morgan fingerprint density at radius 1 is 1.50 bits per heavy atom. The van der Waals surface area contributed by atoms with Crippen LogP contribution in [-0.4, -0.2) is 24.5 Å². The fourth-order valence-electron chi connectivity index (χ4n) is 1.96. The van der Waals surface area contributed by atoms with E-state index in [0.717, 1.165) is 42.2 Å². The maximum Gasteiger partial charge on any atom is 0.181 e. The summed E-state index contributed by atoms with van der Waals surface area (Å²) in [6.07, 6.45) is 5.88. The monoisotopic (exact) mass is 215 g/mol. The van der Waals surface area contributed by atoms with Crippen LogP contribution in [0, 0.1) is 0 Å². The summed E-state index contributed by atoms with van der Waals surface area (Å²) < 4.78 is 3.72. The first-order valence-electron chi connectivity index (χ1n) is 5.36. The molecule has 2 aromatic heterocycles. The molecule has 5 nitrogen and oxygen atoms in total. The molecule has 0 bridgehead atoms. The van der Waals surface area contributed by atoms with Gasteiger partial charge in [0.05, 0.1) is 6.20 Å². The largest absolute Gasteiger partial charge is 0.275 e. The normalized spacial score (nSPS) is 14.1. The average Bonchev–Trinajstić information content (AvgIpc) is 2.89. The molecule has 3 rings (SSSR count). The molecule has 0 amide bonds. The number of hydrogen-bond acceptors (Lipinski definition) is 3. The molecule has 0 radical (unpaired) electrons. The predicted molar refractivity (Wildman–Crippen MR) is 59.7 cm³/mol. The molecule has 0 unspecified atom stereocenters. The Balaban J connectivity index is 1.95. The first-order chi connectivity index (χ1) is 7.74. The number of nitrogens with zero attached hydrogens (tertiary/aromatic N) is 5. The van der Waals surface area contributed by atoms with Gasteiger partial charge in [-0.05, 0) is 6.42 Å². The minimum atomic E-state index is 0.725. The van der Waals surface area contributed by atoms with E-state index < -0.39 is 0 Å². The number of hydrogen-bond donors (Lipinski definition) is 0. The Kier molecular flexibility index (Phi) is 1.92. The molecule has 0 saturated heterocycles. The summed E-state index contributed by atoms with van der Waals surface area (Å²) in [5.74, 6) is 1.79. The standard InChI is InChI=1S/C11H13N5/c1-8(9-6-12-15(2)7-9)11-13-10-4-3-5-16(10)14-11/h6-7H,1,3-5H2,2H3. The minimum Gasteiger partial charge on any atom is -0.275 e. The topological polar surface area (TPSA) is 48.5 Å². The maximum absolute atomic E-state index is 4.49. The van der Waals surface area contributed by atoms with E-state index >= 15 is 0 Å². The van der Waals surface area contributed by atoms with Gasteiger partial charge in [0.1, 0.15) is 5.82 Å². The van der Waals surface area contributed by atoms with Crippen LogP contribution in [0.1, 0.15) is 23.6 Å². The van der Waals surface area contributed by atoms with Gasteiger partial charge in [-0.3, -0.25) is 4.68 Å². The van der Waals surface area contributed by atoms with Crippen molar-refractivity contribution < 1.29 is 0 Å². The van der Waals surface area contributed by atoms with Gasteiger partial charge in [0.15, 0.2) is 5.82 Å². The van der Waals surface area contributed by atoms with E-state index in [4.69, 9.17) is 0 Å². The quantitative estimate of drug-likeness (QED) is 0.751. The summed E-state index contributed by atoms with van der Waals surface area (Å²) in [7, 11) is 1.89. The van der Waals surface area contributed by atoms with Gasteiger partial charge in [0, 0.05) is 37.3 Å². The van der Waals surface area contributed by atoms with Crippen LogP contribution >= 0.6 is 0 Å². The highest BCUT2D eigenvalue weighted by Gasteiger charge is 2.17. The zero-order chi connectivity index (χ0) is 11.1. The Bertz CT molecular complexity index is 527. The van der Waals surface area contributed by atoms with Gasteiger partial charge in [-0.1, -0.05) is 6.58 Å². The molecule has 82 valence electrons. The summed E-state index contributed by atoms with van der Waals surface area (Å²) in [6.45, 7) is 5.00. The molecule has 0 N–H and O–H groups in total. The number of aromatic nitrogens is 5. The van der Waals surface area contributed by atoms with Gasteiger partial charge in [-0.2, -0.15) is 10.2 Å². The maximum atomic E-state index is 4.49. The molecule has 0 atom stereocenters. The van der Waals surface area contributed by atoms with Crippen molar-refractivity contribution in [1.29, 1.82) is 0 Å². The zero-order valence-electron chi connectivity index (χ0n) is 9.22. The molecule has 16 heavy (non-hydrogen) atoms. The van der Waals surface area contributed by atoms with E-state index in [2.05, 4.69) is 21.8 Å². The fraction of sp³-hybridized carbons (Fsp3) is 0.364. The third kappa shape index (κ3) is 1.36. The van der Waals surface area contributed by atoms with Crippen LogP contribution < -0.4 is 0 Å². The van der Waals surface area contributed by atoms with Gasteiger partial charge >= 0.3 is 0 Å². The van der Waals surface area contributed by atoms with Crippen molar-refractivity contribution in [1.82, 2.24) is 24.5 Å². The molecule has 0 aromatic carbocycles. The second kappa shape index (κ2) is 3.30. The Labute approximate surface area is 93.4 Å². The average molecular weight is 215 g/mol. The van der Waals surface area contributed by atoms with Crippen molar-refractivity contribution in [3.05, 3.63) is 36.2 Å². The molecule has 1 aliphatic rings. The van der Waals surface area contributed by atoms with Crippen LogP contribution in [0.2, 0.25) is 0 Å². The summed E-state index contributed by atoms with van der Waals surface area (Å²) in [5, 5.41) is 8.57. The number of fused-ring (bicyclic) bond motifs is 1. The van der Waals surface area contributed by atoms with E-state index in [1.165, 1.54) is 0 Å². The first-order valence-corrected chi connectivity index (χ1v) is 5.36. The molecule has 0 fully saturated rings. The third-order valence-electron chi connectivity index (χ3n) is 2.84. The van der Waals surface area contributed by atoms with Crippen molar-refractivity contribution >= 4 is 5.57 Å². The van der Waals surface area contributed by atoms with Crippen molar-refractivity contribution in [2.45, 2.75) is 19.4 Å². The van der Waals surface area contributed by atoms with Crippen molar-refractivity contribution in [2.75, 3.05) is 0 Å². The number of rotatable bonds is 2. The molecule has 0 saturated carbocycles. The molecule has 5 heteroatoms. The summed E-state index contributed by atoms with van der Waals surface area (Å²) in [5.41, 5.74) is 1.82. The Hall–Kier alpha value is -1.91. The fourth-order valence-corrected chi connectivity index (χ4v) is 1.96. The van der Waals surface area contributed by atoms with Gasteiger partial charge in [-0.15, -0.1) is 0 Å². The lowest BCUT2D eigenvalue weighted by Gasteiger charge is -1.96. The lowest BCUT2D eigenvalue weighted by atomic mass is 10.1. The van der Waals surface area contributed by atoms with Crippen LogP contribution in [0.25, 0.3) is 5.57 Å². The molecule has 2 aromatic rings. The first kappa shape index (κ1) is 9.33. The van der Waals surface area contributed by atoms with Crippen molar-refractivity contribution in [2.24, 2.45) is 7.05 Å². The van der Waals surface area contributed by atoms with E-state index in [9.17, 15) is 0 Å². The van der Waals surface area contributed by atoms with Crippen LogP contribution in [0.3, 0.4) is 0 Å². The Morgan fingerprint density at radius 2 is 2.38 bits per heavy atom. The molecule has 3 heterocycles.